The van der Waals surface area contributed by atoms with Crippen molar-refractivity contribution in [1.29, 1.82) is 0 Å². The number of halogens is 2. The molecule has 0 radical (unpaired) electrons. The molecule has 84 valence electrons. The van der Waals surface area contributed by atoms with Crippen molar-refractivity contribution in [2.75, 3.05) is 18.4 Å². The van der Waals surface area contributed by atoms with Crippen molar-refractivity contribution in [2.45, 2.75) is 0 Å². The van der Waals surface area contributed by atoms with Crippen molar-refractivity contribution in [2.24, 2.45) is 5.73 Å². The summed E-state index contributed by atoms with van der Waals surface area (Å²) in [4.78, 5) is 4.12. The van der Waals surface area contributed by atoms with Gasteiger partial charge >= 0.3 is 0 Å². The van der Waals surface area contributed by atoms with Crippen molar-refractivity contribution in [3.8, 4) is 0 Å². The number of aromatic nitrogens is 1. The van der Waals surface area contributed by atoms with Crippen LogP contribution >= 0.6 is 15.9 Å². The molecule has 0 saturated heterocycles. The summed E-state index contributed by atoms with van der Waals surface area (Å²) in [6.45, 7) is 1.05. The molecule has 5 heteroatoms. The van der Waals surface area contributed by atoms with E-state index in [0.29, 0.717) is 24.3 Å². The van der Waals surface area contributed by atoms with Crippen molar-refractivity contribution in [3.63, 3.8) is 0 Å². The molecule has 1 aromatic heterocycles. The van der Waals surface area contributed by atoms with Crippen LogP contribution in [-0.4, -0.2) is 18.1 Å². The largest absolute Gasteiger partial charge is 0.368 e. The van der Waals surface area contributed by atoms with Crippen LogP contribution in [0.1, 0.15) is 0 Å². The minimum absolute atomic E-state index is 0.286. The van der Waals surface area contributed by atoms with Crippen LogP contribution in [0.15, 0.2) is 28.9 Å². The van der Waals surface area contributed by atoms with Crippen LogP contribution < -0.4 is 11.1 Å². The second-order valence-corrected chi connectivity index (χ2v) is 4.18. The minimum Gasteiger partial charge on any atom is -0.368 e. The van der Waals surface area contributed by atoms with E-state index in [9.17, 15) is 4.39 Å². The Morgan fingerprint density at radius 3 is 2.94 bits per heavy atom. The van der Waals surface area contributed by atoms with Gasteiger partial charge in [-0.3, -0.25) is 0 Å². The SMILES string of the molecule is NCCNc1nccc2c(Br)ccc(F)c12. The van der Waals surface area contributed by atoms with Crippen LogP contribution in [0.2, 0.25) is 0 Å². The lowest BCUT2D eigenvalue weighted by Crippen LogP contribution is -2.14. The number of fused-ring (bicyclic) bond motifs is 1. The molecule has 2 aromatic rings. The maximum Gasteiger partial charge on any atom is 0.136 e. The van der Waals surface area contributed by atoms with Gasteiger partial charge in [0.25, 0.3) is 0 Å². The number of nitrogens with one attached hydrogen (secondary N) is 1. The number of hydrogen-bond donors (Lipinski definition) is 2. The van der Waals surface area contributed by atoms with Gasteiger partial charge in [0.15, 0.2) is 0 Å². The highest BCUT2D eigenvalue weighted by Gasteiger charge is 2.09. The van der Waals surface area contributed by atoms with Crippen molar-refractivity contribution < 1.29 is 4.39 Å². The lowest BCUT2D eigenvalue weighted by Gasteiger charge is -2.09. The lowest BCUT2D eigenvalue weighted by molar-refractivity contribution is 0.639. The van der Waals surface area contributed by atoms with Gasteiger partial charge in [0.05, 0.1) is 5.39 Å². The Bertz CT molecular complexity index is 516. The second-order valence-electron chi connectivity index (χ2n) is 3.33. The van der Waals surface area contributed by atoms with Crippen molar-refractivity contribution in [1.82, 2.24) is 4.98 Å². The van der Waals surface area contributed by atoms with Gasteiger partial charge in [-0.05, 0) is 18.2 Å². The van der Waals surface area contributed by atoms with Gasteiger partial charge in [0.2, 0.25) is 0 Å². The van der Waals surface area contributed by atoms with Crippen LogP contribution in [0.5, 0.6) is 0 Å². The number of hydrogen-bond acceptors (Lipinski definition) is 3. The van der Waals surface area contributed by atoms with Crippen molar-refractivity contribution in [3.05, 3.63) is 34.7 Å². The van der Waals surface area contributed by atoms with Gasteiger partial charge in [-0.1, -0.05) is 15.9 Å². The lowest BCUT2D eigenvalue weighted by atomic mass is 10.1. The molecule has 0 atom stereocenters. The third kappa shape index (κ3) is 2.01. The molecule has 1 heterocycles. The number of anilines is 1. The summed E-state index contributed by atoms with van der Waals surface area (Å²) < 4.78 is 14.6. The minimum atomic E-state index is -0.286. The zero-order chi connectivity index (χ0) is 11.5. The summed E-state index contributed by atoms with van der Waals surface area (Å²) in [6, 6.07) is 4.88. The molecule has 0 unspecified atom stereocenters. The summed E-state index contributed by atoms with van der Waals surface area (Å²) in [6.07, 6.45) is 1.64. The maximum atomic E-state index is 13.7. The predicted molar refractivity (Wildman–Crippen MR) is 66.9 cm³/mol. The Balaban J connectivity index is 2.61. The summed E-state index contributed by atoms with van der Waals surface area (Å²) in [5.41, 5.74) is 5.40. The van der Waals surface area contributed by atoms with E-state index in [2.05, 4.69) is 26.2 Å². The summed E-state index contributed by atoms with van der Waals surface area (Å²) in [5.74, 6) is 0.243. The highest BCUT2D eigenvalue weighted by atomic mass is 79.9. The Morgan fingerprint density at radius 1 is 1.38 bits per heavy atom. The molecule has 16 heavy (non-hydrogen) atoms. The van der Waals surface area contributed by atoms with Gasteiger partial charge in [-0.25, -0.2) is 9.37 Å². The van der Waals surface area contributed by atoms with E-state index >= 15 is 0 Å². The smallest absolute Gasteiger partial charge is 0.136 e. The summed E-state index contributed by atoms with van der Waals surface area (Å²) in [7, 11) is 0. The average Bonchev–Trinajstić information content (AvgIpc) is 2.31. The standard InChI is InChI=1S/C11H11BrFN3/c12-8-1-2-9(13)10-7(8)3-5-15-11(10)16-6-4-14/h1-3,5H,4,6,14H2,(H,15,16). The fraction of sp³-hybridized carbons (Fsp3) is 0.182. The van der Waals surface area contributed by atoms with Gasteiger partial charge in [-0.2, -0.15) is 0 Å². The van der Waals surface area contributed by atoms with E-state index in [0.717, 1.165) is 9.86 Å². The highest BCUT2D eigenvalue weighted by Crippen LogP contribution is 2.29. The fourth-order valence-corrected chi connectivity index (χ4v) is 2.01. The first-order valence-corrected chi connectivity index (χ1v) is 5.70. The first kappa shape index (κ1) is 11.3. The van der Waals surface area contributed by atoms with E-state index in [1.807, 2.05) is 0 Å². The van der Waals surface area contributed by atoms with Crippen molar-refractivity contribution >= 4 is 32.5 Å². The van der Waals surface area contributed by atoms with Gasteiger partial charge < -0.3 is 11.1 Å². The van der Waals surface area contributed by atoms with Crippen LogP contribution in [0.25, 0.3) is 10.8 Å². The molecular formula is C11H11BrFN3. The molecule has 0 aliphatic rings. The van der Waals surface area contributed by atoms with E-state index in [1.54, 1.807) is 18.3 Å². The normalized spacial score (nSPS) is 10.7. The number of nitrogens with zero attached hydrogens (tertiary/aromatic N) is 1. The number of pyridine rings is 1. The molecule has 0 aliphatic heterocycles. The first-order chi connectivity index (χ1) is 7.74. The zero-order valence-electron chi connectivity index (χ0n) is 8.50. The summed E-state index contributed by atoms with van der Waals surface area (Å²) in [5, 5.41) is 4.30. The monoisotopic (exact) mass is 283 g/mol. The Labute approximate surface area is 101 Å². The molecule has 3 nitrogen and oxygen atoms in total. The predicted octanol–water partition coefficient (Wildman–Crippen LogP) is 2.51. The van der Waals surface area contributed by atoms with E-state index in [1.165, 1.54) is 6.07 Å². The molecule has 0 fully saturated rings. The first-order valence-electron chi connectivity index (χ1n) is 4.90. The van der Waals surface area contributed by atoms with Gasteiger partial charge in [0.1, 0.15) is 11.6 Å². The second kappa shape index (κ2) is 4.76. The number of benzene rings is 1. The van der Waals surface area contributed by atoms with E-state index in [4.69, 9.17) is 5.73 Å². The van der Waals surface area contributed by atoms with Crippen LogP contribution in [0.4, 0.5) is 10.2 Å². The Kier molecular flexibility index (Phi) is 3.36. The van der Waals surface area contributed by atoms with Gasteiger partial charge in [-0.15, -0.1) is 0 Å². The fourth-order valence-electron chi connectivity index (χ4n) is 1.55. The Hall–Kier alpha value is -1.20. The van der Waals surface area contributed by atoms with E-state index < -0.39 is 0 Å². The van der Waals surface area contributed by atoms with Crippen LogP contribution in [0.3, 0.4) is 0 Å². The van der Waals surface area contributed by atoms with Crippen LogP contribution in [-0.2, 0) is 0 Å². The molecule has 0 aliphatic carbocycles. The topological polar surface area (TPSA) is 50.9 Å². The molecule has 0 saturated carbocycles. The molecule has 1 aromatic carbocycles. The van der Waals surface area contributed by atoms with E-state index in [-0.39, 0.29) is 5.82 Å². The molecule has 0 bridgehead atoms. The zero-order valence-corrected chi connectivity index (χ0v) is 10.1. The highest BCUT2D eigenvalue weighted by molar-refractivity contribution is 9.10. The number of nitrogens with two attached hydrogens (primary N) is 1. The third-order valence-corrected chi connectivity index (χ3v) is 2.95. The molecule has 0 spiro atoms. The molecule has 2 rings (SSSR count). The van der Waals surface area contributed by atoms with Gasteiger partial charge in [0, 0.05) is 29.1 Å². The summed E-state index contributed by atoms with van der Waals surface area (Å²) >= 11 is 3.39. The maximum absolute atomic E-state index is 13.7. The molecule has 0 amide bonds. The Morgan fingerprint density at radius 2 is 2.19 bits per heavy atom. The molecule has 3 N–H and O–H groups in total. The third-order valence-electron chi connectivity index (χ3n) is 2.26. The quantitative estimate of drug-likeness (QED) is 0.910. The molecular weight excluding hydrogens is 273 g/mol. The number of rotatable bonds is 3. The van der Waals surface area contributed by atoms with Crippen LogP contribution in [0, 0.1) is 5.82 Å². The average molecular weight is 284 g/mol.